The Morgan fingerprint density at radius 3 is 2.85 bits per heavy atom. The maximum atomic E-state index is 6.33. The van der Waals surface area contributed by atoms with Crippen LogP contribution in [0.4, 0.5) is 0 Å². The second kappa shape index (κ2) is 10.6. The summed E-state index contributed by atoms with van der Waals surface area (Å²) in [5.74, 6) is 1.87. The van der Waals surface area contributed by atoms with E-state index in [1.54, 1.807) is 18.1 Å². The maximum absolute atomic E-state index is 6.33. The number of aryl methyl sites for hydroxylation is 3. The number of thioether (sulfide) groups is 1. The van der Waals surface area contributed by atoms with E-state index >= 15 is 0 Å². The van der Waals surface area contributed by atoms with Crippen LogP contribution in [0.25, 0.3) is 5.57 Å². The molecule has 5 nitrogen and oxygen atoms in total. The normalized spacial score (nSPS) is 12.7. The van der Waals surface area contributed by atoms with Gasteiger partial charge in [-0.25, -0.2) is 4.98 Å². The van der Waals surface area contributed by atoms with E-state index in [2.05, 4.69) is 67.2 Å². The van der Waals surface area contributed by atoms with Crippen molar-refractivity contribution in [3.8, 4) is 0 Å². The van der Waals surface area contributed by atoms with Crippen molar-refractivity contribution in [1.29, 1.82) is 0 Å². The number of rotatable bonds is 10. The Bertz CT molecular complexity index is 1290. The van der Waals surface area contributed by atoms with E-state index in [1.165, 1.54) is 22.3 Å². The van der Waals surface area contributed by atoms with Crippen LogP contribution in [0.15, 0.2) is 66.2 Å². The van der Waals surface area contributed by atoms with Gasteiger partial charge in [-0.1, -0.05) is 65.8 Å². The summed E-state index contributed by atoms with van der Waals surface area (Å²) < 4.78 is 2.30. The minimum absolute atomic E-state index is 0.810. The van der Waals surface area contributed by atoms with Crippen molar-refractivity contribution in [2.75, 3.05) is 0 Å². The van der Waals surface area contributed by atoms with Crippen molar-refractivity contribution >= 4 is 28.9 Å². The van der Waals surface area contributed by atoms with Gasteiger partial charge in [-0.15, -0.1) is 10.2 Å². The molecule has 2 aromatic heterocycles. The van der Waals surface area contributed by atoms with Gasteiger partial charge in [-0.05, 0) is 66.5 Å². The van der Waals surface area contributed by atoms with Gasteiger partial charge in [0.15, 0.2) is 5.16 Å². The van der Waals surface area contributed by atoms with E-state index in [0.29, 0.717) is 0 Å². The summed E-state index contributed by atoms with van der Waals surface area (Å²) in [5.41, 5.74) is 7.69. The lowest BCUT2D eigenvalue weighted by molar-refractivity contribution is 0.567. The van der Waals surface area contributed by atoms with Crippen LogP contribution in [0.2, 0.25) is 5.02 Å². The third-order valence-electron chi connectivity index (χ3n) is 6.33. The molecule has 1 N–H and O–H groups in total. The number of imidazole rings is 1. The molecule has 1 aliphatic rings. The molecular weight excluding hydrogens is 462 g/mol. The molecule has 7 heteroatoms. The first-order chi connectivity index (χ1) is 16.7. The number of hydrogen-bond donors (Lipinski definition) is 1. The first kappa shape index (κ1) is 22.9. The van der Waals surface area contributed by atoms with Crippen molar-refractivity contribution in [2.24, 2.45) is 0 Å². The van der Waals surface area contributed by atoms with E-state index in [0.717, 1.165) is 71.7 Å². The van der Waals surface area contributed by atoms with Gasteiger partial charge in [0.1, 0.15) is 5.82 Å². The van der Waals surface area contributed by atoms with Crippen LogP contribution >= 0.6 is 23.4 Å². The average molecular weight is 490 g/mol. The van der Waals surface area contributed by atoms with Gasteiger partial charge in [-0.2, -0.15) is 0 Å². The molecular formula is C27H28ClN5S. The SMILES string of the molecule is Cc1ccc(CSc2nnc(CCC3=CCc4ccccc43)n2CCCc2cnc[nH]2)cc1Cl. The van der Waals surface area contributed by atoms with Gasteiger partial charge in [0.2, 0.25) is 0 Å². The zero-order valence-electron chi connectivity index (χ0n) is 19.3. The molecule has 0 aliphatic heterocycles. The van der Waals surface area contributed by atoms with Crippen LogP contribution in [0.3, 0.4) is 0 Å². The average Bonchev–Trinajstić information content (AvgIpc) is 3.59. The smallest absolute Gasteiger partial charge is 0.191 e. The fraction of sp³-hybridized carbons (Fsp3) is 0.296. The van der Waals surface area contributed by atoms with Crippen molar-refractivity contribution in [3.05, 3.63) is 99.9 Å². The summed E-state index contributed by atoms with van der Waals surface area (Å²) >= 11 is 8.06. The van der Waals surface area contributed by atoms with E-state index in [-0.39, 0.29) is 0 Å². The number of halogens is 1. The van der Waals surface area contributed by atoms with E-state index in [4.69, 9.17) is 11.6 Å². The summed E-state index contributed by atoms with van der Waals surface area (Å²) in [7, 11) is 0. The summed E-state index contributed by atoms with van der Waals surface area (Å²) in [4.78, 5) is 7.33. The number of aromatic amines is 1. The van der Waals surface area contributed by atoms with Gasteiger partial charge in [0.05, 0.1) is 6.33 Å². The second-order valence-electron chi connectivity index (χ2n) is 8.69. The highest BCUT2D eigenvalue weighted by atomic mass is 35.5. The topological polar surface area (TPSA) is 59.4 Å². The zero-order chi connectivity index (χ0) is 23.3. The first-order valence-corrected chi connectivity index (χ1v) is 13.1. The molecule has 0 saturated carbocycles. The molecule has 0 bridgehead atoms. The fourth-order valence-electron chi connectivity index (χ4n) is 4.40. The minimum atomic E-state index is 0.810. The first-order valence-electron chi connectivity index (χ1n) is 11.7. The highest BCUT2D eigenvalue weighted by Gasteiger charge is 2.17. The van der Waals surface area contributed by atoms with Crippen molar-refractivity contribution in [3.63, 3.8) is 0 Å². The van der Waals surface area contributed by atoms with Gasteiger partial charge < -0.3 is 9.55 Å². The predicted molar refractivity (Wildman–Crippen MR) is 139 cm³/mol. The van der Waals surface area contributed by atoms with Crippen molar-refractivity contribution < 1.29 is 0 Å². The standard InChI is InChI=1S/C27H28ClN5S/c1-19-8-9-20(15-25(19)28)17-34-27-32-31-26(33(27)14-4-6-23-16-29-18-30-23)13-12-22-11-10-21-5-2-3-7-24(21)22/h2-3,5,7-9,11,15-16,18H,4,6,10,12-14,17H2,1H3,(H,29,30). The van der Waals surface area contributed by atoms with E-state index in [9.17, 15) is 0 Å². The van der Waals surface area contributed by atoms with Crippen molar-refractivity contribution in [2.45, 2.75) is 56.5 Å². The molecule has 0 fully saturated rings. The maximum Gasteiger partial charge on any atom is 0.191 e. The molecule has 174 valence electrons. The van der Waals surface area contributed by atoms with Gasteiger partial charge in [0.25, 0.3) is 0 Å². The number of benzene rings is 2. The molecule has 1 aliphatic carbocycles. The fourth-order valence-corrected chi connectivity index (χ4v) is 5.53. The van der Waals surface area contributed by atoms with Gasteiger partial charge in [0, 0.05) is 35.6 Å². The lowest BCUT2D eigenvalue weighted by Gasteiger charge is -2.11. The van der Waals surface area contributed by atoms with Crippen LogP contribution in [-0.2, 0) is 31.6 Å². The summed E-state index contributed by atoms with van der Waals surface area (Å²) in [6, 6.07) is 15.0. The molecule has 2 aromatic carbocycles. The zero-order valence-corrected chi connectivity index (χ0v) is 20.9. The number of nitrogens with one attached hydrogen (secondary N) is 1. The number of H-pyrrole nitrogens is 1. The molecule has 5 rings (SSSR count). The van der Waals surface area contributed by atoms with Gasteiger partial charge in [-0.3, -0.25) is 0 Å². The third-order valence-corrected chi connectivity index (χ3v) is 7.78. The molecule has 34 heavy (non-hydrogen) atoms. The molecule has 0 atom stereocenters. The number of allylic oxidation sites excluding steroid dienone is 2. The monoisotopic (exact) mass is 489 g/mol. The number of aromatic nitrogens is 5. The van der Waals surface area contributed by atoms with Gasteiger partial charge >= 0.3 is 0 Å². The van der Waals surface area contributed by atoms with Crippen LogP contribution in [0.1, 0.15) is 46.6 Å². The molecule has 4 aromatic rings. The molecule has 0 unspecified atom stereocenters. The molecule has 0 saturated heterocycles. The molecule has 0 radical (unpaired) electrons. The van der Waals surface area contributed by atoms with E-state index < -0.39 is 0 Å². The summed E-state index contributed by atoms with van der Waals surface area (Å²) in [6.07, 6.45) is 10.8. The van der Waals surface area contributed by atoms with Crippen LogP contribution in [0, 0.1) is 6.92 Å². The Kier molecular flexibility index (Phi) is 7.16. The molecule has 0 spiro atoms. The van der Waals surface area contributed by atoms with E-state index in [1.807, 2.05) is 19.2 Å². The Labute approximate surface area is 209 Å². The lowest BCUT2D eigenvalue weighted by atomic mass is 10.0. The lowest BCUT2D eigenvalue weighted by Crippen LogP contribution is -2.07. The molecule has 2 heterocycles. The number of nitrogens with zero attached hydrogens (tertiary/aromatic N) is 4. The minimum Gasteiger partial charge on any atom is -0.348 e. The Morgan fingerprint density at radius 2 is 2.00 bits per heavy atom. The van der Waals surface area contributed by atoms with Crippen LogP contribution in [0.5, 0.6) is 0 Å². The Hall–Kier alpha value is -2.83. The largest absolute Gasteiger partial charge is 0.348 e. The predicted octanol–water partition coefficient (Wildman–Crippen LogP) is 6.46. The van der Waals surface area contributed by atoms with Crippen LogP contribution < -0.4 is 0 Å². The number of hydrogen-bond acceptors (Lipinski definition) is 4. The quantitative estimate of drug-likeness (QED) is 0.260. The molecule has 0 amide bonds. The third kappa shape index (κ3) is 5.29. The second-order valence-corrected chi connectivity index (χ2v) is 10.0. The van der Waals surface area contributed by atoms with Crippen LogP contribution in [-0.4, -0.2) is 24.7 Å². The highest BCUT2D eigenvalue weighted by molar-refractivity contribution is 7.98. The Balaban J connectivity index is 1.29. The highest BCUT2D eigenvalue weighted by Crippen LogP contribution is 2.31. The summed E-state index contributed by atoms with van der Waals surface area (Å²) in [5, 5.41) is 11.0. The number of fused-ring (bicyclic) bond motifs is 1. The Morgan fingerprint density at radius 1 is 1.09 bits per heavy atom. The van der Waals surface area contributed by atoms with Crippen molar-refractivity contribution in [1.82, 2.24) is 24.7 Å². The summed E-state index contributed by atoms with van der Waals surface area (Å²) in [6.45, 7) is 2.91.